The Morgan fingerprint density at radius 1 is 0.786 bits per heavy atom. The summed E-state index contributed by atoms with van der Waals surface area (Å²) in [5.74, 6) is 0. The number of allylic oxidation sites excluding steroid dienone is 1. The Labute approximate surface area is 92.2 Å². The Kier molecular flexibility index (Phi) is 5.47. The molecule has 0 aromatic rings. The van der Waals surface area contributed by atoms with E-state index in [1.54, 1.807) is 0 Å². The number of hydrogen-bond acceptors (Lipinski definition) is 4. The maximum atomic E-state index is 5.81. The summed E-state index contributed by atoms with van der Waals surface area (Å²) in [6.45, 7) is 8.10. The maximum absolute atomic E-state index is 5.81. The van der Waals surface area contributed by atoms with Gasteiger partial charge in [-0.05, 0) is 26.6 Å². The highest BCUT2D eigenvalue weighted by atomic mass is 28.5. The molecule has 4 nitrogen and oxygen atoms in total. The van der Waals surface area contributed by atoms with Gasteiger partial charge in [-0.25, -0.2) is 0 Å². The lowest BCUT2D eigenvalue weighted by molar-refractivity contribution is 0.297. The molecule has 0 amide bonds. The van der Waals surface area contributed by atoms with Crippen LogP contribution in [0.5, 0.6) is 0 Å². The van der Waals surface area contributed by atoms with Gasteiger partial charge in [-0.15, -0.1) is 0 Å². The lowest BCUT2D eigenvalue weighted by Crippen LogP contribution is -2.45. The van der Waals surface area contributed by atoms with E-state index in [-0.39, 0.29) is 0 Å². The topological polar surface area (TPSA) is 36.9 Å². The molecule has 8 heteroatoms. The van der Waals surface area contributed by atoms with Gasteiger partial charge in [0.05, 0.1) is 0 Å². The Morgan fingerprint density at radius 2 is 1.21 bits per heavy atom. The normalized spacial score (nSPS) is 40.9. The van der Waals surface area contributed by atoms with Gasteiger partial charge in [-0.2, -0.15) is 0 Å². The molecule has 1 heterocycles. The van der Waals surface area contributed by atoms with Crippen LogP contribution >= 0.6 is 0 Å². The van der Waals surface area contributed by atoms with E-state index in [1.807, 2.05) is 38.3 Å². The zero-order valence-electron chi connectivity index (χ0n) is 9.10. The van der Waals surface area contributed by atoms with Crippen molar-refractivity contribution in [2.45, 2.75) is 26.6 Å². The molecule has 82 valence electrons. The van der Waals surface area contributed by atoms with Crippen LogP contribution in [0.1, 0.15) is 6.92 Å². The molecule has 0 saturated carbocycles. The zero-order valence-corrected chi connectivity index (χ0v) is 13.7. The Bertz CT molecular complexity index is 188. The molecular weight excluding hydrogens is 248 g/mol. The van der Waals surface area contributed by atoms with Crippen LogP contribution in [-0.4, -0.2) is 37.1 Å². The summed E-state index contributed by atoms with van der Waals surface area (Å²) >= 11 is 0. The fourth-order valence-corrected chi connectivity index (χ4v) is 13.0. The SMILES string of the molecule is CC=C[SiH]1O[SiH](C)O[SiH](C)O[SiH](C)O1. The molecule has 14 heavy (non-hydrogen) atoms. The molecule has 1 fully saturated rings. The fraction of sp³-hybridized carbons (Fsp3) is 0.667. The van der Waals surface area contributed by atoms with Crippen molar-refractivity contribution >= 4 is 37.1 Å². The van der Waals surface area contributed by atoms with Gasteiger partial charge in [0.2, 0.25) is 0 Å². The summed E-state index contributed by atoms with van der Waals surface area (Å²) in [7, 11) is -6.09. The summed E-state index contributed by atoms with van der Waals surface area (Å²) in [6.07, 6.45) is 1.99. The summed E-state index contributed by atoms with van der Waals surface area (Å²) < 4.78 is 23.1. The predicted octanol–water partition coefficient (Wildman–Crippen LogP) is -0.0469. The third kappa shape index (κ3) is 4.31. The van der Waals surface area contributed by atoms with E-state index in [1.165, 1.54) is 0 Å². The van der Waals surface area contributed by atoms with Gasteiger partial charge >= 0.3 is 9.28 Å². The van der Waals surface area contributed by atoms with Gasteiger partial charge in [0.15, 0.2) is 0 Å². The van der Waals surface area contributed by atoms with Crippen molar-refractivity contribution in [1.29, 1.82) is 0 Å². The second-order valence-electron chi connectivity index (χ2n) is 3.14. The lowest BCUT2D eigenvalue weighted by Gasteiger charge is -2.29. The van der Waals surface area contributed by atoms with Crippen molar-refractivity contribution in [1.82, 2.24) is 0 Å². The predicted molar refractivity (Wildman–Crippen MR) is 65.3 cm³/mol. The largest absolute Gasteiger partial charge is 0.420 e. The van der Waals surface area contributed by atoms with Crippen molar-refractivity contribution in [2.24, 2.45) is 0 Å². The van der Waals surface area contributed by atoms with Crippen LogP contribution in [0.25, 0.3) is 0 Å². The molecule has 0 spiro atoms. The second kappa shape index (κ2) is 6.12. The van der Waals surface area contributed by atoms with Gasteiger partial charge in [-0.1, -0.05) is 11.8 Å². The first-order chi connectivity index (χ1) is 6.61. The molecule has 0 N–H and O–H groups in total. The molecule has 1 rings (SSSR count). The fourth-order valence-electron chi connectivity index (χ4n) is 1.29. The minimum Gasteiger partial charge on any atom is -0.420 e. The Hall–Kier alpha value is 0.448. The summed E-state index contributed by atoms with van der Waals surface area (Å²) in [4.78, 5) is 0. The molecule has 0 aromatic heterocycles. The van der Waals surface area contributed by atoms with E-state index in [4.69, 9.17) is 16.5 Å². The van der Waals surface area contributed by atoms with Gasteiger partial charge in [0, 0.05) is 0 Å². The average molecular weight is 267 g/mol. The minimum atomic E-state index is -1.63. The van der Waals surface area contributed by atoms with Crippen molar-refractivity contribution < 1.29 is 16.5 Å². The number of hydrogen-bond donors (Lipinski definition) is 0. The molecule has 2 atom stereocenters. The van der Waals surface area contributed by atoms with E-state index in [9.17, 15) is 0 Å². The highest BCUT2D eigenvalue weighted by Gasteiger charge is 2.26. The van der Waals surface area contributed by atoms with Crippen molar-refractivity contribution in [3.8, 4) is 0 Å². The highest BCUT2D eigenvalue weighted by Crippen LogP contribution is 2.07. The highest BCUT2D eigenvalue weighted by molar-refractivity contribution is 6.74. The van der Waals surface area contributed by atoms with E-state index in [2.05, 4.69) is 0 Å². The quantitative estimate of drug-likeness (QED) is 0.624. The monoisotopic (exact) mass is 266 g/mol. The third-order valence-electron chi connectivity index (χ3n) is 1.77. The first kappa shape index (κ1) is 12.5. The van der Waals surface area contributed by atoms with Crippen molar-refractivity contribution in [3.63, 3.8) is 0 Å². The molecule has 1 aliphatic rings. The lowest BCUT2D eigenvalue weighted by atomic mass is 10.8. The van der Waals surface area contributed by atoms with E-state index in [0.717, 1.165) is 0 Å². The summed E-state index contributed by atoms with van der Waals surface area (Å²) in [6, 6.07) is 0. The van der Waals surface area contributed by atoms with Crippen LogP contribution in [0.2, 0.25) is 19.6 Å². The first-order valence-electron chi connectivity index (χ1n) is 4.86. The molecule has 2 unspecified atom stereocenters. The van der Waals surface area contributed by atoms with Crippen molar-refractivity contribution in [3.05, 3.63) is 11.8 Å². The molecule has 0 bridgehead atoms. The van der Waals surface area contributed by atoms with E-state index in [0.29, 0.717) is 0 Å². The summed E-state index contributed by atoms with van der Waals surface area (Å²) in [5.41, 5.74) is 2.04. The summed E-state index contributed by atoms with van der Waals surface area (Å²) in [5, 5.41) is 0. The standard InChI is InChI=1S/C6H18O4Si4/c1-5-6-14-9-12(3)7-11(2)8-13(4)10-14/h5-6,11-14H,1-4H3. The van der Waals surface area contributed by atoms with Gasteiger partial charge in [-0.3, -0.25) is 0 Å². The molecule has 0 radical (unpaired) electrons. The van der Waals surface area contributed by atoms with E-state index >= 15 is 0 Å². The maximum Gasteiger partial charge on any atom is 0.330 e. The van der Waals surface area contributed by atoms with Crippen LogP contribution in [0, 0.1) is 0 Å². The number of rotatable bonds is 1. The Balaban J connectivity index is 2.55. The molecule has 0 aromatic carbocycles. The first-order valence-corrected chi connectivity index (χ1v) is 12.8. The smallest absolute Gasteiger partial charge is 0.330 e. The van der Waals surface area contributed by atoms with E-state index < -0.39 is 37.1 Å². The molecule has 1 saturated heterocycles. The van der Waals surface area contributed by atoms with Gasteiger partial charge in [0.1, 0.15) is 0 Å². The van der Waals surface area contributed by atoms with Crippen LogP contribution < -0.4 is 0 Å². The van der Waals surface area contributed by atoms with Crippen LogP contribution in [0.3, 0.4) is 0 Å². The molecule has 0 aliphatic carbocycles. The van der Waals surface area contributed by atoms with Gasteiger partial charge < -0.3 is 16.5 Å². The van der Waals surface area contributed by atoms with Crippen LogP contribution in [-0.2, 0) is 16.5 Å². The molecular formula is C6H18O4Si4. The van der Waals surface area contributed by atoms with Crippen molar-refractivity contribution in [2.75, 3.05) is 0 Å². The van der Waals surface area contributed by atoms with Crippen LogP contribution in [0.15, 0.2) is 11.8 Å². The minimum absolute atomic E-state index is 1.46. The second-order valence-corrected chi connectivity index (χ2v) is 12.0. The van der Waals surface area contributed by atoms with Crippen LogP contribution in [0.4, 0.5) is 0 Å². The Morgan fingerprint density at radius 3 is 1.64 bits per heavy atom. The third-order valence-corrected chi connectivity index (χ3v) is 13.8. The molecule has 1 aliphatic heterocycles. The average Bonchev–Trinajstić information content (AvgIpc) is 2.00. The van der Waals surface area contributed by atoms with Gasteiger partial charge in [0.25, 0.3) is 27.9 Å². The zero-order chi connectivity index (χ0) is 10.6.